The number of nitrogens with zero attached hydrogens (tertiary/aromatic N) is 2. The minimum Gasteiger partial charge on any atom is -0.465 e. The van der Waals surface area contributed by atoms with E-state index in [1.54, 1.807) is 19.4 Å². The van der Waals surface area contributed by atoms with E-state index in [9.17, 15) is 4.79 Å². The third-order valence-electron chi connectivity index (χ3n) is 2.86. The highest BCUT2D eigenvalue weighted by molar-refractivity contribution is 5.90. The van der Waals surface area contributed by atoms with E-state index in [1.165, 1.54) is 0 Å². The second-order valence-electron chi connectivity index (χ2n) is 4.49. The number of aromatic nitrogens is 1. The number of furan rings is 1. The first-order chi connectivity index (χ1) is 9.13. The van der Waals surface area contributed by atoms with Gasteiger partial charge in [0.1, 0.15) is 17.9 Å². The number of anilines is 1. The van der Waals surface area contributed by atoms with E-state index in [0.717, 1.165) is 16.8 Å². The molecule has 2 aromatic rings. The first kappa shape index (κ1) is 13.4. The van der Waals surface area contributed by atoms with Gasteiger partial charge in [0.15, 0.2) is 0 Å². The Morgan fingerprint density at radius 2 is 2.26 bits per heavy atom. The van der Waals surface area contributed by atoms with Gasteiger partial charge < -0.3 is 14.1 Å². The lowest BCUT2D eigenvalue weighted by Gasteiger charge is -2.27. The molecule has 0 aliphatic rings. The number of fused-ring (bicyclic) bond motifs is 1. The van der Waals surface area contributed by atoms with Crippen LogP contribution in [-0.2, 0) is 9.53 Å². The van der Waals surface area contributed by atoms with Gasteiger partial charge in [-0.25, -0.2) is 4.98 Å². The van der Waals surface area contributed by atoms with E-state index in [-0.39, 0.29) is 18.6 Å². The number of rotatable bonds is 5. The molecule has 0 bridgehead atoms. The standard InChI is InChI=1S/C14H18N2O3/c1-4-18-13(17)9-16(10(2)3)14-11-6-8-19-12(11)5-7-15-14/h5-8,10H,4,9H2,1-3H3. The van der Waals surface area contributed by atoms with Gasteiger partial charge in [0, 0.05) is 12.2 Å². The van der Waals surface area contributed by atoms with Crippen LogP contribution in [0.2, 0.25) is 0 Å². The van der Waals surface area contributed by atoms with E-state index >= 15 is 0 Å². The summed E-state index contributed by atoms with van der Waals surface area (Å²) in [5.41, 5.74) is 0.763. The minimum atomic E-state index is -0.251. The summed E-state index contributed by atoms with van der Waals surface area (Å²) < 4.78 is 10.4. The van der Waals surface area contributed by atoms with Crippen molar-refractivity contribution in [2.45, 2.75) is 26.8 Å². The van der Waals surface area contributed by atoms with Crippen LogP contribution in [0.3, 0.4) is 0 Å². The molecule has 0 saturated heterocycles. The van der Waals surface area contributed by atoms with E-state index in [4.69, 9.17) is 9.15 Å². The lowest BCUT2D eigenvalue weighted by Crippen LogP contribution is -2.37. The predicted molar refractivity (Wildman–Crippen MR) is 73.1 cm³/mol. The molecule has 2 aromatic heterocycles. The molecule has 0 spiro atoms. The highest BCUT2D eigenvalue weighted by Crippen LogP contribution is 2.26. The Kier molecular flexibility index (Phi) is 4.04. The summed E-state index contributed by atoms with van der Waals surface area (Å²) in [4.78, 5) is 18.0. The number of hydrogen-bond donors (Lipinski definition) is 0. The van der Waals surface area contributed by atoms with Gasteiger partial charge in [-0.05, 0) is 32.9 Å². The lowest BCUT2D eigenvalue weighted by atomic mass is 10.2. The van der Waals surface area contributed by atoms with Crippen molar-refractivity contribution in [1.82, 2.24) is 4.98 Å². The highest BCUT2D eigenvalue weighted by Gasteiger charge is 2.19. The van der Waals surface area contributed by atoms with Gasteiger partial charge in [0.25, 0.3) is 0 Å². The monoisotopic (exact) mass is 262 g/mol. The fraction of sp³-hybridized carbons (Fsp3) is 0.429. The molecule has 0 aromatic carbocycles. The average Bonchev–Trinajstić information content (AvgIpc) is 2.84. The van der Waals surface area contributed by atoms with Gasteiger partial charge in [-0.15, -0.1) is 0 Å². The molecule has 0 aliphatic carbocycles. The van der Waals surface area contributed by atoms with E-state index < -0.39 is 0 Å². The Hall–Kier alpha value is -2.04. The molecule has 2 rings (SSSR count). The van der Waals surface area contributed by atoms with Crippen LogP contribution in [-0.4, -0.2) is 30.1 Å². The lowest BCUT2D eigenvalue weighted by molar-refractivity contribution is -0.141. The van der Waals surface area contributed by atoms with Gasteiger partial charge in [-0.1, -0.05) is 0 Å². The summed E-state index contributed by atoms with van der Waals surface area (Å²) in [6.45, 7) is 6.39. The zero-order valence-electron chi connectivity index (χ0n) is 11.4. The van der Waals surface area contributed by atoms with E-state index in [2.05, 4.69) is 4.98 Å². The number of carbonyl (C=O) groups excluding carboxylic acids is 1. The van der Waals surface area contributed by atoms with Crippen molar-refractivity contribution in [1.29, 1.82) is 0 Å². The number of esters is 1. The molecule has 0 N–H and O–H groups in total. The Morgan fingerprint density at radius 1 is 1.47 bits per heavy atom. The van der Waals surface area contributed by atoms with Gasteiger partial charge in [-0.3, -0.25) is 4.79 Å². The topological polar surface area (TPSA) is 55.6 Å². The third kappa shape index (κ3) is 2.86. The summed E-state index contributed by atoms with van der Waals surface area (Å²) >= 11 is 0. The van der Waals surface area contributed by atoms with E-state index in [1.807, 2.05) is 30.9 Å². The smallest absolute Gasteiger partial charge is 0.325 e. The number of pyridine rings is 1. The summed E-state index contributed by atoms with van der Waals surface area (Å²) in [6.07, 6.45) is 3.31. The minimum absolute atomic E-state index is 0.136. The van der Waals surface area contributed by atoms with Crippen molar-refractivity contribution < 1.29 is 13.9 Å². The predicted octanol–water partition coefficient (Wildman–Crippen LogP) is 2.61. The Balaban J connectivity index is 2.33. The van der Waals surface area contributed by atoms with Crippen LogP contribution in [0.25, 0.3) is 11.0 Å². The first-order valence-electron chi connectivity index (χ1n) is 6.38. The molecule has 0 aliphatic heterocycles. The molecule has 5 nitrogen and oxygen atoms in total. The largest absolute Gasteiger partial charge is 0.465 e. The maximum Gasteiger partial charge on any atom is 0.325 e. The van der Waals surface area contributed by atoms with Crippen LogP contribution in [0.5, 0.6) is 0 Å². The zero-order chi connectivity index (χ0) is 13.8. The molecule has 5 heteroatoms. The fourth-order valence-corrected chi connectivity index (χ4v) is 1.96. The summed E-state index contributed by atoms with van der Waals surface area (Å²) in [6, 6.07) is 3.80. The third-order valence-corrected chi connectivity index (χ3v) is 2.86. The molecule has 0 saturated carbocycles. The van der Waals surface area contributed by atoms with Crippen LogP contribution in [0.1, 0.15) is 20.8 Å². The zero-order valence-corrected chi connectivity index (χ0v) is 11.4. The van der Waals surface area contributed by atoms with Crippen molar-refractivity contribution >= 4 is 22.8 Å². The van der Waals surface area contributed by atoms with Crippen molar-refractivity contribution in [2.24, 2.45) is 0 Å². The van der Waals surface area contributed by atoms with Crippen LogP contribution in [0, 0.1) is 0 Å². The van der Waals surface area contributed by atoms with Crippen LogP contribution in [0.4, 0.5) is 5.82 Å². The molecule has 0 unspecified atom stereocenters. The maximum atomic E-state index is 11.7. The molecule has 2 heterocycles. The molecule has 0 radical (unpaired) electrons. The Bertz CT molecular complexity index is 563. The van der Waals surface area contributed by atoms with Crippen LogP contribution >= 0.6 is 0 Å². The quantitative estimate of drug-likeness (QED) is 0.775. The summed E-state index contributed by atoms with van der Waals surface area (Å²) in [7, 11) is 0. The molecular formula is C14H18N2O3. The number of carbonyl (C=O) groups is 1. The average molecular weight is 262 g/mol. The van der Waals surface area contributed by atoms with Crippen LogP contribution in [0.15, 0.2) is 29.0 Å². The second-order valence-corrected chi connectivity index (χ2v) is 4.49. The normalized spacial score (nSPS) is 10.9. The molecule has 19 heavy (non-hydrogen) atoms. The van der Waals surface area contributed by atoms with Gasteiger partial charge >= 0.3 is 5.97 Å². The van der Waals surface area contributed by atoms with Crippen molar-refractivity contribution in [3.63, 3.8) is 0 Å². The number of hydrogen-bond acceptors (Lipinski definition) is 5. The second kappa shape index (κ2) is 5.73. The van der Waals surface area contributed by atoms with Crippen molar-refractivity contribution in [3.8, 4) is 0 Å². The first-order valence-corrected chi connectivity index (χ1v) is 6.38. The molecule has 0 fully saturated rings. The number of ether oxygens (including phenoxy) is 1. The van der Waals surface area contributed by atoms with Crippen LogP contribution < -0.4 is 4.90 Å². The molecular weight excluding hydrogens is 244 g/mol. The van der Waals surface area contributed by atoms with Gasteiger partial charge in [0.2, 0.25) is 0 Å². The Morgan fingerprint density at radius 3 is 2.95 bits per heavy atom. The highest BCUT2D eigenvalue weighted by atomic mass is 16.5. The van der Waals surface area contributed by atoms with Crippen molar-refractivity contribution in [3.05, 3.63) is 24.6 Å². The maximum absolute atomic E-state index is 11.7. The summed E-state index contributed by atoms with van der Waals surface area (Å²) in [5.74, 6) is 0.493. The van der Waals surface area contributed by atoms with Gasteiger partial charge in [-0.2, -0.15) is 0 Å². The fourth-order valence-electron chi connectivity index (χ4n) is 1.96. The van der Waals surface area contributed by atoms with Crippen molar-refractivity contribution in [2.75, 3.05) is 18.1 Å². The molecule has 102 valence electrons. The van der Waals surface area contributed by atoms with Gasteiger partial charge in [0.05, 0.1) is 18.3 Å². The molecule has 0 amide bonds. The Labute approximate surface area is 112 Å². The summed E-state index contributed by atoms with van der Waals surface area (Å²) in [5, 5.41) is 0.903. The van der Waals surface area contributed by atoms with E-state index in [0.29, 0.717) is 6.61 Å². The molecule has 0 atom stereocenters. The SMILES string of the molecule is CCOC(=O)CN(c1nccc2occc12)C(C)C.